The van der Waals surface area contributed by atoms with Gasteiger partial charge in [-0.05, 0) is 70.1 Å². The molecule has 3 aliphatic rings. The van der Waals surface area contributed by atoms with E-state index in [0.717, 1.165) is 80.4 Å². The number of carbonyl (C=O) groups excluding carboxylic acids is 1. The van der Waals surface area contributed by atoms with Crippen LogP contribution in [0.4, 0.5) is 17.5 Å². The SMILES string of the molecule is Cc1cc2cnn(CC3CCOCC3)c2cc1Nc1ncc2c(n1)N(C1CCCC1)C(=O)C(C)(C)O2. The Kier molecular flexibility index (Phi) is 5.82. The molecule has 2 aliphatic heterocycles. The number of aryl methyl sites for hydroxylation is 1. The van der Waals surface area contributed by atoms with Gasteiger partial charge in [0.15, 0.2) is 17.2 Å². The number of carbonyl (C=O) groups is 1. The van der Waals surface area contributed by atoms with Crippen molar-refractivity contribution in [1.29, 1.82) is 0 Å². The molecular weight excluding hydrogens is 456 g/mol. The zero-order valence-corrected chi connectivity index (χ0v) is 21.3. The number of ether oxygens (including phenoxy) is 2. The van der Waals surface area contributed by atoms with Gasteiger partial charge in [-0.1, -0.05) is 12.8 Å². The zero-order valence-electron chi connectivity index (χ0n) is 21.3. The van der Waals surface area contributed by atoms with Crippen molar-refractivity contribution in [2.75, 3.05) is 23.4 Å². The number of aromatic nitrogens is 4. The van der Waals surface area contributed by atoms with Gasteiger partial charge >= 0.3 is 0 Å². The minimum Gasteiger partial charge on any atom is -0.472 e. The molecule has 1 aliphatic carbocycles. The van der Waals surface area contributed by atoms with Gasteiger partial charge in [0, 0.05) is 36.9 Å². The highest BCUT2D eigenvalue weighted by Crippen LogP contribution is 2.41. The van der Waals surface area contributed by atoms with Crippen LogP contribution >= 0.6 is 0 Å². The van der Waals surface area contributed by atoms with Gasteiger partial charge in [0.05, 0.1) is 17.9 Å². The van der Waals surface area contributed by atoms with Crippen LogP contribution in [0.25, 0.3) is 10.9 Å². The van der Waals surface area contributed by atoms with Crippen LogP contribution in [0.3, 0.4) is 0 Å². The summed E-state index contributed by atoms with van der Waals surface area (Å²) in [5.41, 5.74) is 2.15. The van der Waals surface area contributed by atoms with Crippen LogP contribution in [0.1, 0.15) is 57.9 Å². The van der Waals surface area contributed by atoms with Gasteiger partial charge in [-0.3, -0.25) is 14.4 Å². The zero-order chi connectivity index (χ0) is 24.9. The van der Waals surface area contributed by atoms with Crippen molar-refractivity contribution in [2.24, 2.45) is 5.92 Å². The summed E-state index contributed by atoms with van der Waals surface area (Å²) in [6, 6.07) is 4.42. The number of amides is 1. The number of benzene rings is 1. The molecule has 0 bridgehead atoms. The maximum absolute atomic E-state index is 13.3. The van der Waals surface area contributed by atoms with Crippen molar-refractivity contribution in [3.05, 3.63) is 30.1 Å². The van der Waals surface area contributed by atoms with Crippen LogP contribution < -0.4 is 15.0 Å². The highest BCUT2D eigenvalue weighted by Gasteiger charge is 2.45. The Balaban J connectivity index is 1.31. The molecule has 1 saturated carbocycles. The molecule has 1 aromatic carbocycles. The molecule has 6 rings (SSSR count). The number of hydrogen-bond donors (Lipinski definition) is 1. The lowest BCUT2D eigenvalue weighted by Crippen LogP contribution is -2.55. The van der Waals surface area contributed by atoms with E-state index in [1.807, 2.05) is 24.9 Å². The van der Waals surface area contributed by atoms with Crippen molar-refractivity contribution in [3.63, 3.8) is 0 Å². The monoisotopic (exact) mass is 490 g/mol. The topological polar surface area (TPSA) is 94.4 Å². The van der Waals surface area contributed by atoms with E-state index in [1.54, 1.807) is 6.20 Å². The summed E-state index contributed by atoms with van der Waals surface area (Å²) in [5.74, 6) is 2.10. The van der Waals surface area contributed by atoms with E-state index in [0.29, 0.717) is 23.4 Å². The summed E-state index contributed by atoms with van der Waals surface area (Å²) >= 11 is 0. The molecule has 0 spiro atoms. The molecule has 1 amide bonds. The molecule has 4 heterocycles. The lowest BCUT2D eigenvalue weighted by atomic mass is 10.0. The Morgan fingerprint density at radius 2 is 1.89 bits per heavy atom. The number of nitrogens with zero attached hydrogens (tertiary/aromatic N) is 5. The normalized spacial score (nSPS) is 20.5. The van der Waals surface area contributed by atoms with Gasteiger partial charge in [-0.2, -0.15) is 10.1 Å². The van der Waals surface area contributed by atoms with Gasteiger partial charge in [-0.15, -0.1) is 0 Å². The summed E-state index contributed by atoms with van der Waals surface area (Å²) < 4.78 is 13.6. The van der Waals surface area contributed by atoms with E-state index in [4.69, 9.17) is 14.5 Å². The molecule has 36 heavy (non-hydrogen) atoms. The second-order valence-electron chi connectivity index (χ2n) is 10.8. The summed E-state index contributed by atoms with van der Waals surface area (Å²) in [6.07, 6.45) is 9.98. The average Bonchev–Trinajstić information content (AvgIpc) is 3.52. The summed E-state index contributed by atoms with van der Waals surface area (Å²) in [4.78, 5) is 24.5. The molecule has 2 aromatic heterocycles. The van der Waals surface area contributed by atoms with Crippen LogP contribution in [-0.2, 0) is 16.1 Å². The van der Waals surface area contributed by atoms with Gasteiger partial charge in [0.25, 0.3) is 5.91 Å². The predicted molar refractivity (Wildman–Crippen MR) is 138 cm³/mol. The minimum atomic E-state index is -0.932. The first-order chi connectivity index (χ1) is 17.4. The summed E-state index contributed by atoms with van der Waals surface area (Å²) in [7, 11) is 0. The molecule has 2 fully saturated rings. The van der Waals surface area contributed by atoms with Gasteiger partial charge < -0.3 is 14.8 Å². The third kappa shape index (κ3) is 4.19. The Morgan fingerprint density at radius 1 is 1.11 bits per heavy atom. The van der Waals surface area contributed by atoms with Gasteiger partial charge in [0.1, 0.15) is 0 Å². The molecular formula is C27H34N6O3. The first kappa shape index (κ1) is 23.2. The molecule has 1 saturated heterocycles. The molecule has 9 heteroatoms. The molecule has 0 atom stereocenters. The molecule has 0 unspecified atom stereocenters. The van der Waals surface area contributed by atoms with E-state index in [-0.39, 0.29) is 11.9 Å². The van der Waals surface area contributed by atoms with Crippen molar-refractivity contribution in [2.45, 2.75) is 77.5 Å². The molecule has 1 N–H and O–H groups in total. The number of fused-ring (bicyclic) bond motifs is 2. The Morgan fingerprint density at radius 3 is 2.67 bits per heavy atom. The highest BCUT2D eigenvalue weighted by atomic mass is 16.5. The summed E-state index contributed by atoms with van der Waals surface area (Å²) in [6.45, 7) is 8.23. The van der Waals surface area contributed by atoms with Gasteiger partial charge in [-0.25, -0.2) is 4.98 Å². The first-order valence-corrected chi connectivity index (χ1v) is 13.1. The second kappa shape index (κ2) is 9.03. The number of rotatable bonds is 5. The maximum atomic E-state index is 13.3. The lowest BCUT2D eigenvalue weighted by molar-refractivity contribution is -0.133. The Labute approximate surface area is 211 Å². The molecule has 190 valence electrons. The van der Waals surface area contributed by atoms with Gasteiger partial charge in [0.2, 0.25) is 5.95 Å². The van der Waals surface area contributed by atoms with Crippen LogP contribution in [0, 0.1) is 12.8 Å². The quantitative estimate of drug-likeness (QED) is 0.551. The lowest BCUT2D eigenvalue weighted by Gasteiger charge is -2.40. The summed E-state index contributed by atoms with van der Waals surface area (Å²) in [5, 5.41) is 9.19. The maximum Gasteiger partial charge on any atom is 0.272 e. The number of nitrogens with one attached hydrogen (secondary N) is 1. The van der Waals surface area contributed by atoms with E-state index < -0.39 is 5.60 Å². The van der Waals surface area contributed by atoms with E-state index in [9.17, 15) is 4.79 Å². The average molecular weight is 491 g/mol. The number of anilines is 3. The number of hydrogen-bond acceptors (Lipinski definition) is 7. The molecule has 3 aromatic rings. The first-order valence-electron chi connectivity index (χ1n) is 13.1. The van der Waals surface area contributed by atoms with Crippen molar-refractivity contribution >= 4 is 34.3 Å². The standard InChI is InChI=1S/C27H34N6O3/c1-17-12-19-14-29-32(16-18-8-10-35-11-9-18)22(19)13-21(17)30-26-28-15-23-24(31-26)33(20-6-4-5-7-20)25(34)27(2,3)36-23/h12-15,18,20H,4-11,16H2,1-3H3,(H,28,30,31). The third-order valence-electron chi connectivity index (χ3n) is 7.76. The smallest absolute Gasteiger partial charge is 0.272 e. The van der Waals surface area contributed by atoms with Crippen molar-refractivity contribution in [3.8, 4) is 5.75 Å². The Bertz CT molecular complexity index is 1290. The minimum absolute atomic E-state index is 0.0406. The van der Waals surface area contributed by atoms with E-state index >= 15 is 0 Å². The fraction of sp³-hybridized carbons (Fsp3) is 0.556. The largest absolute Gasteiger partial charge is 0.472 e. The van der Waals surface area contributed by atoms with Crippen molar-refractivity contribution in [1.82, 2.24) is 19.7 Å². The molecule has 0 radical (unpaired) electrons. The third-order valence-corrected chi connectivity index (χ3v) is 7.76. The Hall–Kier alpha value is -3.20. The second-order valence-corrected chi connectivity index (χ2v) is 10.8. The van der Waals surface area contributed by atoms with E-state index in [2.05, 4.69) is 39.1 Å². The van der Waals surface area contributed by atoms with Crippen LogP contribution in [0.2, 0.25) is 0 Å². The fourth-order valence-corrected chi connectivity index (χ4v) is 5.69. The van der Waals surface area contributed by atoms with Crippen LogP contribution in [0.5, 0.6) is 5.75 Å². The van der Waals surface area contributed by atoms with E-state index in [1.165, 1.54) is 0 Å². The van der Waals surface area contributed by atoms with Crippen molar-refractivity contribution < 1.29 is 14.3 Å². The predicted octanol–water partition coefficient (Wildman–Crippen LogP) is 4.75. The van der Waals surface area contributed by atoms with Crippen LogP contribution in [-0.4, -0.2) is 50.5 Å². The fourth-order valence-electron chi connectivity index (χ4n) is 5.69. The van der Waals surface area contributed by atoms with Crippen LogP contribution in [0.15, 0.2) is 24.5 Å². The highest BCUT2D eigenvalue weighted by molar-refractivity contribution is 6.02. The molecule has 9 nitrogen and oxygen atoms in total.